The zero-order valence-corrected chi connectivity index (χ0v) is 10.8. The summed E-state index contributed by atoms with van der Waals surface area (Å²) in [5, 5.41) is 13.2. The molecule has 0 aliphatic rings. The number of hydrogen-bond donors (Lipinski definition) is 2. The van der Waals surface area contributed by atoms with Gasteiger partial charge in [-0.3, -0.25) is 0 Å². The number of benzene rings is 1. The molecule has 0 saturated carbocycles. The molecular weight excluding hydrogens is 278 g/mol. The molecule has 1 aromatic carbocycles. The van der Waals surface area contributed by atoms with E-state index < -0.39 is 25.8 Å². The van der Waals surface area contributed by atoms with Crippen LogP contribution in [0.5, 0.6) is 0 Å². The summed E-state index contributed by atoms with van der Waals surface area (Å²) in [5.41, 5.74) is 0.433. The largest absolute Gasteiger partial charge is 0.238 e. The lowest BCUT2D eigenvalue weighted by Crippen LogP contribution is -2.25. The van der Waals surface area contributed by atoms with E-state index in [1.807, 2.05) is 0 Å². The normalized spacial score (nSPS) is 12.0. The third kappa shape index (κ3) is 4.42. The summed E-state index contributed by atoms with van der Waals surface area (Å²) < 4.78 is 46.8. The van der Waals surface area contributed by atoms with Gasteiger partial charge in [-0.05, 0) is 17.7 Å². The standard InChI is InChI=1S/C9H11N3O4S2/c10-4-5-17(13,14)12-7-8-2-1-3-9(6-8)18(11,15)16/h1-3,6,12H,5,7H2,(H2,11,15,16). The maximum absolute atomic E-state index is 11.2. The van der Waals surface area contributed by atoms with Crippen LogP contribution in [0.25, 0.3) is 0 Å². The predicted molar refractivity (Wildman–Crippen MR) is 64.1 cm³/mol. The Morgan fingerprint density at radius 3 is 2.50 bits per heavy atom. The zero-order valence-electron chi connectivity index (χ0n) is 9.20. The molecule has 0 aliphatic heterocycles. The van der Waals surface area contributed by atoms with Gasteiger partial charge in [0.25, 0.3) is 0 Å². The van der Waals surface area contributed by atoms with E-state index in [-0.39, 0.29) is 11.4 Å². The van der Waals surface area contributed by atoms with Crippen molar-refractivity contribution in [3.63, 3.8) is 0 Å². The third-order valence-corrected chi connectivity index (χ3v) is 3.98. The van der Waals surface area contributed by atoms with Gasteiger partial charge in [-0.25, -0.2) is 26.7 Å². The average molecular weight is 289 g/mol. The maximum atomic E-state index is 11.2. The molecule has 0 saturated heterocycles. The molecule has 9 heteroatoms. The van der Waals surface area contributed by atoms with Crippen molar-refractivity contribution in [1.29, 1.82) is 5.26 Å². The third-order valence-electron chi connectivity index (χ3n) is 1.98. The first-order valence-corrected chi connectivity index (χ1v) is 7.90. The van der Waals surface area contributed by atoms with Gasteiger partial charge in [0.1, 0.15) is 0 Å². The van der Waals surface area contributed by atoms with Crippen molar-refractivity contribution < 1.29 is 16.8 Å². The number of nitrogens with two attached hydrogens (primary N) is 1. The second-order valence-electron chi connectivity index (χ2n) is 3.43. The van der Waals surface area contributed by atoms with Gasteiger partial charge in [0.05, 0.1) is 11.0 Å². The molecule has 0 fully saturated rings. The van der Waals surface area contributed by atoms with E-state index in [4.69, 9.17) is 10.4 Å². The van der Waals surface area contributed by atoms with Crippen LogP contribution < -0.4 is 9.86 Å². The maximum Gasteiger partial charge on any atom is 0.238 e. The first-order chi connectivity index (χ1) is 8.24. The van der Waals surface area contributed by atoms with Gasteiger partial charge < -0.3 is 0 Å². The highest BCUT2D eigenvalue weighted by Crippen LogP contribution is 2.09. The van der Waals surface area contributed by atoms with Crippen LogP contribution in [0.3, 0.4) is 0 Å². The number of nitrogens with one attached hydrogen (secondary N) is 1. The lowest BCUT2D eigenvalue weighted by atomic mass is 10.2. The van der Waals surface area contributed by atoms with E-state index in [1.54, 1.807) is 6.07 Å². The Morgan fingerprint density at radius 1 is 1.28 bits per heavy atom. The molecule has 0 spiro atoms. The summed E-state index contributed by atoms with van der Waals surface area (Å²) in [6.45, 7) is -0.104. The van der Waals surface area contributed by atoms with E-state index in [0.29, 0.717) is 5.56 Å². The van der Waals surface area contributed by atoms with Gasteiger partial charge in [0.15, 0.2) is 5.75 Å². The molecule has 0 atom stereocenters. The first kappa shape index (κ1) is 14.6. The summed E-state index contributed by atoms with van der Waals surface area (Å²) in [7, 11) is -7.49. The zero-order chi connectivity index (χ0) is 13.8. The molecular formula is C9H11N3O4S2. The lowest BCUT2D eigenvalue weighted by molar-refractivity contribution is 0.585. The van der Waals surface area contributed by atoms with Crippen molar-refractivity contribution in [3.05, 3.63) is 29.8 Å². The molecule has 0 unspecified atom stereocenters. The van der Waals surface area contributed by atoms with Crippen LogP contribution in [0.15, 0.2) is 29.2 Å². The number of nitrogens with zero attached hydrogens (tertiary/aromatic N) is 1. The minimum Gasteiger partial charge on any atom is -0.225 e. The van der Waals surface area contributed by atoms with Crippen LogP contribution >= 0.6 is 0 Å². The van der Waals surface area contributed by atoms with E-state index in [0.717, 1.165) is 0 Å². The highest BCUT2D eigenvalue weighted by atomic mass is 32.2. The fourth-order valence-corrected chi connectivity index (χ4v) is 2.40. The second-order valence-corrected chi connectivity index (χ2v) is 6.80. The van der Waals surface area contributed by atoms with Crippen molar-refractivity contribution in [2.45, 2.75) is 11.4 Å². The van der Waals surface area contributed by atoms with Crippen LogP contribution in [-0.4, -0.2) is 22.6 Å². The SMILES string of the molecule is N#CCS(=O)(=O)NCc1cccc(S(N)(=O)=O)c1. The molecule has 0 heterocycles. The monoisotopic (exact) mass is 289 g/mol. The lowest BCUT2D eigenvalue weighted by Gasteiger charge is -2.05. The van der Waals surface area contributed by atoms with E-state index in [1.165, 1.54) is 24.3 Å². The molecule has 7 nitrogen and oxygen atoms in total. The minimum absolute atomic E-state index is 0.0977. The Balaban J connectivity index is 2.86. The summed E-state index contributed by atoms with van der Waals surface area (Å²) in [4.78, 5) is -0.0977. The van der Waals surface area contributed by atoms with Crippen LogP contribution in [0, 0.1) is 11.3 Å². The molecule has 1 rings (SSSR count). The van der Waals surface area contributed by atoms with Crippen molar-refractivity contribution in [1.82, 2.24) is 4.72 Å². The van der Waals surface area contributed by atoms with Gasteiger partial charge in [-0.15, -0.1) is 0 Å². The van der Waals surface area contributed by atoms with Crippen LogP contribution in [0.2, 0.25) is 0 Å². The van der Waals surface area contributed by atoms with Crippen LogP contribution in [0.1, 0.15) is 5.56 Å². The van der Waals surface area contributed by atoms with Crippen molar-refractivity contribution >= 4 is 20.0 Å². The minimum atomic E-state index is -3.82. The van der Waals surface area contributed by atoms with E-state index in [2.05, 4.69) is 4.72 Å². The van der Waals surface area contributed by atoms with Gasteiger partial charge in [-0.2, -0.15) is 5.26 Å². The molecule has 98 valence electrons. The van der Waals surface area contributed by atoms with Crippen LogP contribution in [0.4, 0.5) is 0 Å². The van der Waals surface area contributed by atoms with Crippen molar-refractivity contribution in [2.24, 2.45) is 5.14 Å². The topological polar surface area (TPSA) is 130 Å². The fraction of sp³-hybridized carbons (Fsp3) is 0.222. The molecule has 3 N–H and O–H groups in total. The van der Waals surface area contributed by atoms with Gasteiger partial charge in [0.2, 0.25) is 20.0 Å². The Labute approximate surface area is 105 Å². The predicted octanol–water partition coefficient (Wildman–Crippen LogP) is -0.723. The van der Waals surface area contributed by atoms with Crippen molar-refractivity contribution in [3.8, 4) is 6.07 Å². The van der Waals surface area contributed by atoms with Gasteiger partial charge >= 0.3 is 0 Å². The fourth-order valence-electron chi connectivity index (χ4n) is 1.16. The van der Waals surface area contributed by atoms with E-state index in [9.17, 15) is 16.8 Å². The number of sulfonamides is 2. The first-order valence-electron chi connectivity index (χ1n) is 4.70. The van der Waals surface area contributed by atoms with Gasteiger partial charge in [-0.1, -0.05) is 12.1 Å². The molecule has 18 heavy (non-hydrogen) atoms. The summed E-state index contributed by atoms with van der Waals surface area (Å²) >= 11 is 0. The smallest absolute Gasteiger partial charge is 0.225 e. The average Bonchev–Trinajstić information content (AvgIpc) is 2.26. The highest BCUT2D eigenvalue weighted by Gasteiger charge is 2.11. The highest BCUT2D eigenvalue weighted by molar-refractivity contribution is 7.89. The molecule has 0 radical (unpaired) electrons. The number of nitriles is 1. The quantitative estimate of drug-likeness (QED) is 0.738. The Hall–Kier alpha value is -1.47. The van der Waals surface area contributed by atoms with E-state index >= 15 is 0 Å². The molecule has 0 aromatic heterocycles. The second kappa shape index (κ2) is 5.45. The molecule has 1 aromatic rings. The Morgan fingerprint density at radius 2 is 1.94 bits per heavy atom. The number of hydrogen-bond acceptors (Lipinski definition) is 5. The molecule has 0 amide bonds. The Bertz CT molecular complexity index is 674. The summed E-state index contributed by atoms with van der Waals surface area (Å²) in [5.74, 6) is -0.651. The summed E-state index contributed by atoms with van der Waals surface area (Å²) in [6, 6.07) is 7.09. The Kier molecular flexibility index (Phi) is 4.42. The molecule has 0 aliphatic carbocycles. The van der Waals surface area contributed by atoms with Gasteiger partial charge in [0, 0.05) is 6.54 Å². The summed E-state index contributed by atoms with van der Waals surface area (Å²) in [6.07, 6.45) is 0. The van der Waals surface area contributed by atoms with Crippen LogP contribution in [-0.2, 0) is 26.6 Å². The molecule has 0 bridgehead atoms. The number of primary sulfonamides is 1. The van der Waals surface area contributed by atoms with Crippen molar-refractivity contribution in [2.75, 3.05) is 5.75 Å². The number of rotatable bonds is 5.